The van der Waals surface area contributed by atoms with Gasteiger partial charge in [-0.05, 0) is 68.4 Å². The summed E-state index contributed by atoms with van der Waals surface area (Å²) in [6.45, 7) is 5.55. The lowest BCUT2D eigenvalue weighted by Gasteiger charge is -2.14. The normalized spacial score (nSPS) is 10.9. The lowest BCUT2D eigenvalue weighted by molar-refractivity contribution is 0.242. The van der Waals surface area contributed by atoms with E-state index in [-0.39, 0.29) is 30.1 Å². The molecule has 1 aromatic heterocycles. The van der Waals surface area contributed by atoms with Gasteiger partial charge in [-0.1, -0.05) is 0 Å². The number of hydrogen-bond acceptors (Lipinski definition) is 5. The Labute approximate surface area is 205 Å². The first-order chi connectivity index (χ1) is 15.1. The topological polar surface area (TPSA) is 92.8 Å². The zero-order valence-electron chi connectivity index (χ0n) is 18.5. The van der Waals surface area contributed by atoms with Crippen molar-refractivity contribution in [1.29, 1.82) is 0 Å². The molecule has 0 aliphatic rings. The molecule has 0 unspecified atom stereocenters. The molecule has 0 amide bonds. The van der Waals surface area contributed by atoms with Gasteiger partial charge in [-0.3, -0.25) is 5.10 Å². The Balaban J connectivity index is 0.00000363. The molecule has 0 aliphatic carbocycles. The molecule has 172 valence electrons. The lowest BCUT2D eigenvalue weighted by Crippen LogP contribution is -2.34. The first-order valence-corrected chi connectivity index (χ1v) is 10.2. The van der Waals surface area contributed by atoms with E-state index in [1.807, 2.05) is 68.4 Å². The van der Waals surface area contributed by atoms with Gasteiger partial charge in [-0.15, -0.1) is 24.0 Å². The molecular weight excluding hydrogens is 521 g/mol. The number of rotatable bonds is 10. The van der Waals surface area contributed by atoms with E-state index in [1.54, 1.807) is 13.3 Å². The largest absolute Gasteiger partial charge is 0.497 e. The zero-order chi connectivity index (χ0) is 21.9. The maximum Gasteiger partial charge on any atom is 0.196 e. The SMILES string of the molecule is COc1ccc(OCCNC(=NCc2ccn[nH]2)Nc2ccc(OC(C)C)cc2)cc1.I. The minimum Gasteiger partial charge on any atom is -0.497 e. The third-order valence-corrected chi connectivity index (χ3v) is 4.18. The van der Waals surface area contributed by atoms with Crippen LogP contribution in [-0.4, -0.2) is 42.5 Å². The Morgan fingerprint density at radius 1 is 1.00 bits per heavy atom. The Kier molecular flexibility index (Phi) is 10.6. The van der Waals surface area contributed by atoms with E-state index >= 15 is 0 Å². The molecule has 1 heterocycles. The van der Waals surface area contributed by atoms with Crippen molar-refractivity contribution in [2.45, 2.75) is 26.5 Å². The fraction of sp³-hybridized carbons (Fsp3) is 0.304. The summed E-state index contributed by atoms with van der Waals surface area (Å²) in [6, 6.07) is 17.2. The van der Waals surface area contributed by atoms with Crippen LogP contribution < -0.4 is 24.8 Å². The number of nitrogens with one attached hydrogen (secondary N) is 3. The molecule has 3 aromatic rings. The van der Waals surface area contributed by atoms with Crippen molar-refractivity contribution in [1.82, 2.24) is 15.5 Å². The van der Waals surface area contributed by atoms with Gasteiger partial charge >= 0.3 is 0 Å². The average molecular weight is 551 g/mol. The Hall–Kier alpha value is -2.95. The summed E-state index contributed by atoms with van der Waals surface area (Å²) in [6.07, 6.45) is 1.85. The van der Waals surface area contributed by atoms with E-state index < -0.39 is 0 Å². The first kappa shape index (κ1) is 25.3. The van der Waals surface area contributed by atoms with Crippen LogP contribution >= 0.6 is 24.0 Å². The summed E-state index contributed by atoms with van der Waals surface area (Å²) in [5.74, 6) is 3.06. The predicted octanol–water partition coefficient (Wildman–Crippen LogP) is 4.46. The van der Waals surface area contributed by atoms with E-state index in [9.17, 15) is 0 Å². The molecule has 32 heavy (non-hydrogen) atoms. The zero-order valence-corrected chi connectivity index (χ0v) is 20.8. The first-order valence-electron chi connectivity index (χ1n) is 10.2. The summed E-state index contributed by atoms with van der Waals surface area (Å²) in [4.78, 5) is 4.62. The number of methoxy groups -OCH3 is 1. The quantitative estimate of drug-likeness (QED) is 0.149. The molecule has 0 spiro atoms. The van der Waals surface area contributed by atoms with Gasteiger partial charge in [0.25, 0.3) is 0 Å². The highest BCUT2D eigenvalue weighted by Gasteiger charge is 2.03. The Bertz CT molecular complexity index is 929. The third kappa shape index (κ3) is 8.66. The minimum atomic E-state index is 0. The van der Waals surface area contributed by atoms with Crippen molar-refractivity contribution in [2.75, 3.05) is 25.6 Å². The second-order valence-corrected chi connectivity index (χ2v) is 7.01. The van der Waals surface area contributed by atoms with E-state index in [1.165, 1.54) is 0 Å². The highest BCUT2D eigenvalue weighted by atomic mass is 127. The van der Waals surface area contributed by atoms with Crippen LogP contribution in [0.4, 0.5) is 5.69 Å². The van der Waals surface area contributed by atoms with Gasteiger partial charge in [0.05, 0.1) is 32.0 Å². The molecule has 9 heteroatoms. The Morgan fingerprint density at radius 3 is 2.31 bits per heavy atom. The lowest BCUT2D eigenvalue weighted by atomic mass is 10.3. The number of aromatic nitrogens is 2. The smallest absolute Gasteiger partial charge is 0.196 e. The van der Waals surface area contributed by atoms with Gasteiger partial charge < -0.3 is 24.8 Å². The van der Waals surface area contributed by atoms with Gasteiger partial charge in [0.15, 0.2) is 5.96 Å². The highest BCUT2D eigenvalue weighted by molar-refractivity contribution is 14.0. The minimum absolute atomic E-state index is 0. The van der Waals surface area contributed by atoms with Gasteiger partial charge in [0.1, 0.15) is 23.9 Å². The summed E-state index contributed by atoms with van der Waals surface area (Å²) in [5, 5.41) is 13.5. The number of benzene rings is 2. The van der Waals surface area contributed by atoms with Gasteiger partial charge in [-0.25, -0.2) is 4.99 Å². The van der Waals surface area contributed by atoms with Gasteiger partial charge in [0, 0.05) is 11.9 Å². The van der Waals surface area contributed by atoms with Crippen LogP contribution in [-0.2, 0) is 6.54 Å². The number of aliphatic imine (C=N–C) groups is 1. The molecule has 0 bridgehead atoms. The number of aromatic amines is 1. The third-order valence-electron chi connectivity index (χ3n) is 4.18. The number of anilines is 1. The standard InChI is InChI=1S/C23H29N5O3.HI/c1-17(2)31-22-6-4-18(5-7-22)27-23(25-16-19-12-13-26-28-19)24-14-15-30-21-10-8-20(29-3)9-11-21;/h4-13,17H,14-16H2,1-3H3,(H,26,28)(H2,24,25,27);1H. The number of guanidine groups is 1. The van der Waals surface area contributed by atoms with Crippen LogP contribution in [0.3, 0.4) is 0 Å². The number of hydrogen-bond donors (Lipinski definition) is 3. The number of nitrogens with zero attached hydrogens (tertiary/aromatic N) is 2. The maximum absolute atomic E-state index is 5.78. The van der Waals surface area contributed by atoms with Crippen LogP contribution in [0.15, 0.2) is 65.8 Å². The molecule has 2 aromatic carbocycles. The molecule has 0 aliphatic heterocycles. The van der Waals surface area contributed by atoms with Crippen molar-refractivity contribution >= 4 is 35.6 Å². The van der Waals surface area contributed by atoms with Gasteiger partial charge in [0.2, 0.25) is 0 Å². The Morgan fingerprint density at radius 2 is 1.69 bits per heavy atom. The van der Waals surface area contributed by atoms with Gasteiger partial charge in [-0.2, -0.15) is 5.10 Å². The van der Waals surface area contributed by atoms with Crippen LogP contribution in [0.2, 0.25) is 0 Å². The van der Waals surface area contributed by atoms with Crippen LogP contribution in [0.1, 0.15) is 19.5 Å². The van der Waals surface area contributed by atoms with Crippen molar-refractivity contribution in [2.24, 2.45) is 4.99 Å². The van der Waals surface area contributed by atoms with Crippen molar-refractivity contribution in [3.8, 4) is 17.2 Å². The average Bonchev–Trinajstić information content (AvgIpc) is 3.30. The van der Waals surface area contributed by atoms with E-state index in [4.69, 9.17) is 14.2 Å². The molecule has 0 atom stereocenters. The van der Waals surface area contributed by atoms with Crippen molar-refractivity contribution in [3.63, 3.8) is 0 Å². The molecular formula is C23H30IN5O3. The maximum atomic E-state index is 5.78. The number of halogens is 1. The summed E-state index contributed by atoms with van der Waals surface area (Å²) >= 11 is 0. The number of ether oxygens (including phenoxy) is 3. The highest BCUT2D eigenvalue weighted by Crippen LogP contribution is 2.18. The van der Waals surface area contributed by atoms with Crippen molar-refractivity contribution < 1.29 is 14.2 Å². The van der Waals surface area contributed by atoms with Crippen LogP contribution in [0.25, 0.3) is 0 Å². The second-order valence-electron chi connectivity index (χ2n) is 7.01. The molecule has 3 N–H and O–H groups in total. The van der Waals surface area contributed by atoms with Crippen LogP contribution in [0.5, 0.6) is 17.2 Å². The summed E-state index contributed by atoms with van der Waals surface area (Å²) in [5.41, 5.74) is 1.83. The fourth-order valence-corrected chi connectivity index (χ4v) is 2.71. The summed E-state index contributed by atoms with van der Waals surface area (Å²) in [7, 11) is 1.64. The van der Waals surface area contributed by atoms with Crippen LogP contribution in [0, 0.1) is 0 Å². The second kappa shape index (κ2) is 13.5. The summed E-state index contributed by atoms with van der Waals surface area (Å²) < 4.78 is 16.6. The fourth-order valence-electron chi connectivity index (χ4n) is 2.71. The monoisotopic (exact) mass is 551 g/mol. The number of H-pyrrole nitrogens is 1. The van der Waals surface area contributed by atoms with E-state index in [2.05, 4.69) is 25.8 Å². The molecule has 3 rings (SSSR count). The van der Waals surface area contributed by atoms with E-state index in [0.717, 1.165) is 28.6 Å². The molecule has 0 saturated heterocycles. The van der Waals surface area contributed by atoms with E-state index in [0.29, 0.717) is 25.7 Å². The molecule has 0 saturated carbocycles. The predicted molar refractivity (Wildman–Crippen MR) is 137 cm³/mol. The molecule has 0 radical (unpaired) electrons. The molecule has 8 nitrogen and oxygen atoms in total. The van der Waals surface area contributed by atoms with Crippen molar-refractivity contribution in [3.05, 3.63) is 66.5 Å². The molecule has 0 fully saturated rings.